The number of nitrogens with one attached hydrogen (secondary N) is 2. The van der Waals surface area contributed by atoms with E-state index in [0.717, 1.165) is 10.2 Å². The molecule has 2 aromatic carbocycles. The number of ether oxygens (including phenoxy) is 2. The van der Waals surface area contributed by atoms with E-state index in [-0.39, 0.29) is 48.6 Å². The zero-order valence-electron chi connectivity index (χ0n) is 19.3. The normalized spacial score (nSPS) is 11.8. The van der Waals surface area contributed by atoms with E-state index in [0.29, 0.717) is 11.3 Å². The van der Waals surface area contributed by atoms with Crippen LogP contribution in [0.25, 0.3) is 5.95 Å². The molecule has 0 aliphatic carbocycles. The van der Waals surface area contributed by atoms with Crippen molar-refractivity contribution in [2.45, 2.75) is 12.3 Å². The summed E-state index contributed by atoms with van der Waals surface area (Å²) in [5.74, 6) is -1.09. The number of rotatable bonds is 10. The van der Waals surface area contributed by atoms with Gasteiger partial charge in [-0.1, -0.05) is 24.3 Å². The highest BCUT2D eigenvalue weighted by atomic mass is 19.1. The van der Waals surface area contributed by atoms with Crippen LogP contribution in [0.15, 0.2) is 59.7 Å². The van der Waals surface area contributed by atoms with Crippen LogP contribution in [-0.4, -0.2) is 56.0 Å². The van der Waals surface area contributed by atoms with Crippen LogP contribution in [0.5, 0.6) is 11.5 Å². The monoisotopic (exact) mass is 493 g/mol. The number of aliphatic hydroxyl groups is 1. The minimum absolute atomic E-state index is 0.0626. The summed E-state index contributed by atoms with van der Waals surface area (Å²) in [5.41, 5.74) is 6.44. The Morgan fingerprint density at radius 1 is 1.25 bits per heavy atom. The van der Waals surface area contributed by atoms with E-state index in [1.54, 1.807) is 30.3 Å². The van der Waals surface area contributed by atoms with Gasteiger partial charge in [-0.15, -0.1) is 9.78 Å². The Labute approximate surface area is 204 Å². The van der Waals surface area contributed by atoms with Crippen LogP contribution >= 0.6 is 0 Å². The molecule has 0 aliphatic heterocycles. The van der Waals surface area contributed by atoms with Crippen molar-refractivity contribution >= 4 is 5.84 Å². The fourth-order valence-electron chi connectivity index (χ4n) is 3.67. The number of hydrogen-bond acceptors (Lipinski definition) is 8. The second-order valence-corrected chi connectivity index (χ2v) is 7.74. The van der Waals surface area contributed by atoms with Gasteiger partial charge in [-0.25, -0.2) is 19.2 Å². The molecule has 2 aromatic heterocycles. The number of nitrogens with two attached hydrogens (primary N) is 1. The third-order valence-corrected chi connectivity index (χ3v) is 5.41. The zero-order valence-corrected chi connectivity index (χ0v) is 19.3. The van der Waals surface area contributed by atoms with Crippen LogP contribution in [0.3, 0.4) is 0 Å². The summed E-state index contributed by atoms with van der Waals surface area (Å²) in [6, 6.07) is 11.4. The topological polar surface area (TPSA) is 165 Å². The first-order valence-electron chi connectivity index (χ1n) is 10.9. The minimum atomic E-state index is -0.780. The van der Waals surface area contributed by atoms with Gasteiger partial charge in [0.25, 0.3) is 5.95 Å². The van der Waals surface area contributed by atoms with Crippen molar-refractivity contribution in [2.24, 2.45) is 5.73 Å². The number of benzene rings is 2. The number of methoxy groups -OCH3 is 1. The maximum atomic E-state index is 15.7. The van der Waals surface area contributed by atoms with Crippen LogP contribution < -0.4 is 20.9 Å². The van der Waals surface area contributed by atoms with Gasteiger partial charge in [0.2, 0.25) is 0 Å². The molecule has 11 nitrogen and oxygen atoms in total. The molecule has 0 bridgehead atoms. The molecule has 4 rings (SSSR count). The second-order valence-electron chi connectivity index (χ2n) is 7.74. The molecule has 0 saturated carbocycles. The number of nitrogen functional groups attached to an aromatic ring is 1. The Morgan fingerprint density at radius 2 is 1.97 bits per heavy atom. The van der Waals surface area contributed by atoms with E-state index >= 15 is 4.39 Å². The predicted molar refractivity (Wildman–Crippen MR) is 128 cm³/mol. The maximum Gasteiger partial charge on any atom is 0.350 e. The van der Waals surface area contributed by atoms with Gasteiger partial charge in [0, 0.05) is 29.6 Å². The first-order chi connectivity index (χ1) is 17.4. The van der Waals surface area contributed by atoms with E-state index < -0.39 is 17.4 Å². The fourth-order valence-corrected chi connectivity index (χ4v) is 3.67. The average Bonchev–Trinajstić information content (AvgIpc) is 3.28. The molecule has 0 saturated heterocycles. The van der Waals surface area contributed by atoms with Gasteiger partial charge in [0.15, 0.2) is 11.6 Å². The van der Waals surface area contributed by atoms with Gasteiger partial charge in [0.05, 0.1) is 19.6 Å². The Kier molecular flexibility index (Phi) is 7.35. The summed E-state index contributed by atoms with van der Waals surface area (Å²) < 4.78 is 27.4. The lowest BCUT2D eigenvalue weighted by Crippen LogP contribution is -2.18. The minimum Gasteiger partial charge on any atom is -0.497 e. The number of aromatic nitrogens is 5. The summed E-state index contributed by atoms with van der Waals surface area (Å²) in [7, 11) is 1.44. The molecule has 0 fully saturated rings. The Morgan fingerprint density at radius 3 is 2.61 bits per heavy atom. The third kappa shape index (κ3) is 5.23. The van der Waals surface area contributed by atoms with Crippen molar-refractivity contribution in [1.29, 1.82) is 5.41 Å². The largest absolute Gasteiger partial charge is 0.497 e. The van der Waals surface area contributed by atoms with Crippen LogP contribution in [0.1, 0.15) is 28.4 Å². The highest BCUT2D eigenvalue weighted by Crippen LogP contribution is 2.36. The molecule has 0 amide bonds. The molecule has 5 N–H and O–H groups in total. The lowest BCUT2D eigenvalue weighted by molar-refractivity contribution is 0.195. The molecular weight excluding hydrogens is 469 g/mol. The smallest absolute Gasteiger partial charge is 0.350 e. The number of amidine groups is 1. The number of aromatic amines is 1. The van der Waals surface area contributed by atoms with Crippen molar-refractivity contribution in [3.05, 3.63) is 93.7 Å². The molecule has 12 heteroatoms. The predicted octanol–water partition coefficient (Wildman–Crippen LogP) is 1.53. The van der Waals surface area contributed by atoms with Crippen molar-refractivity contribution in [1.82, 2.24) is 24.7 Å². The van der Waals surface area contributed by atoms with Gasteiger partial charge in [-0.05, 0) is 24.1 Å². The summed E-state index contributed by atoms with van der Waals surface area (Å²) in [4.78, 5) is 23.5. The number of hydrogen-bond donors (Lipinski definition) is 4. The number of halogens is 1. The van der Waals surface area contributed by atoms with Crippen molar-refractivity contribution in [3.8, 4) is 17.4 Å². The van der Waals surface area contributed by atoms with Gasteiger partial charge < -0.3 is 20.3 Å². The molecule has 4 aromatic rings. The Hall–Kier alpha value is -4.58. The molecule has 0 aliphatic rings. The number of nitrogens with zero attached hydrogens (tertiary/aromatic N) is 4. The number of H-pyrrole nitrogens is 1. The molecule has 2 heterocycles. The van der Waals surface area contributed by atoms with E-state index in [2.05, 4.69) is 20.1 Å². The molecule has 1 unspecified atom stereocenters. The van der Waals surface area contributed by atoms with Crippen molar-refractivity contribution < 1.29 is 19.0 Å². The summed E-state index contributed by atoms with van der Waals surface area (Å²) >= 11 is 0. The summed E-state index contributed by atoms with van der Waals surface area (Å²) in [5, 5.41) is 21.1. The Bertz CT molecular complexity index is 1400. The highest BCUT2D eigenvalue weighted by molar-refractivity contribution is 5.94. The molecule has 0 spiro atoms. The maximum absolute atomic E-state index is 15.7. The Balaban J connectivity index is 1.84. The van der Waals surface area contributed by atoms with Crippen LogP contribution in [-0.2, 0) is 6.42 Å². The van der Waals surface area contributed by atoms with E-state index in [1.165, 1.54) is 31.6 Å². The average molecular weight is 493 g/mol. The zero-order chi connectivity index (χ0) is 25.7. The first kappa shape index (κ1) is 24.5. The highest BCUT2D eigenvalue weighted by Gasteiger charge is 2.27. The van der Waals surface area contributed by atoms with Crippen molar-refractivity contribution in [3.63, 3.8) is 0 Å². The lowest BCUT2D eigenvalue weighted by Gasteiger charge is -2.19. The quantitative estimate of drug-likeness (QED) is 0.191. The molecular formula is C24H24FN7O4. The lowest BCUT2D eigenvalue weighted by atomic mass is 9.90. The van der Waals surface area contributed by atoms with Crippen LogP contribution in [0, 0.1) is 11.2 Å². The molecule has 36 heavy (non-hydrogen) atoms. The standard InChI is InChI=1S/C24H24FN7O4/c1-35-16-12-17(20(25)19(13-16)36-10-9-33)18(11-14-3-5-15(6-4-14)21(26)27)22-30-24(34)32(31-22)23-28-7-2-8-29-23/h2-8,12-13,18,33H,9-11H2,1H3,(H3,26,27)(H,30,31,34). The summed E-state index contributed by atoms with van der Waals surface area (Å²) in [6.07, 6.45) is 3.18. The molecule has 0 radical (unpaired) electrons. The first-order valence-corrected chi connectivity index (χ1v) is 10.9. The van der Waals surface area contributed by atoms with Gasteiger partial charge in [-0.3, -0.25) is 10.4 Å². The van der Waals surface area contributed by atoms with Crippen molar-refractivity contribution in [2.75, 3.05) is 20.3 Å². The third-order valence-electron chi connectivity index (χ3n) is 5.41. The molecule has 1 atom stereocenters. The molecule has 186 valence electrons. The van der Waals surface area contributed by atoms with E-state index in [9.17, 15) is 4.79 Å². The van der Waals surface area contributed by atoms with Gasteiger partial charge in [-0.2, -0.15) is 0 Å². The fraction of sp³-hybridized carbons (Fsp3) is 0.208. The summed E-state index contributed by atoms with van der Waals surface area (Å²) in [6.45, 7) is -0.412. The van der Waals surface area contributed by atoms with E-state index in [1.807, 2.05) is 0 Å². The number of aliphatic hydroxyl groups excluding tert-OH is 1. The van der Waals surface area contributed by atoms with Crippen LogP contribution in [0.2, 0.25) is 0 Å². The van der Waals surface area contributed by atoms with E-state index in [4.69, 9.17) is 25.7 Å². The van der Waals surface area contributed by atoms with Crippen LogP contribution in [0.4, 0.5) is 4.39 Å². The van der Waals surface area contributed by atoms with Gasteiger partial charge >= 0.3 is 5.69 Å². The second kappa shape index (κ2) is 10.8. The van der Waals surface area contributed by atoms with Gasteiger partial charge in [0.1, 0.15) is 24.0 Å². The SMILES string of the molecule is COc1cc(OCCO)c(F)c(C(Cc2ccc(C(=N)N)cc2)c2nn(-c3ncccn3)c(=O)[nH]2)c1.